The quantitative estimate of drug-likeness (QED) is 0.729. The minimum absolute atomic E-state index is 0.0867. The molecule has 4 heterocycles. The number of piperidine rings is 1. The smallest absolute Gasteiger partial charge is 0.327 e. The molecule has 0 saturated carbocycles. The average molecular weight is 394 g/mol. The normalized spacial score (nSPS) is 20.1. The van der Waals surface area contributed by atoms with Gasteiger partial charge in [0.25, 0.3) is 5.91 Å². The van der Waals surface area contributed by atoms with Crippen LogP contribution in [0.2, 0.25) is 0 Å². The zero-order valence-corrected chi connectivity index (χ0v) is 16.9. The fraction of sp³-hybridized carbons (Fsp3) is 0.409. The van der Waals surface area contributed by atoms with Crippen LogP contribution >= 0.6 is 0 Å². The largest absolute Gasteiger partial charge is 0.465 e. The van der Waals surface area contributed by atoms with Crippen LogP contribution in [0.4, 0.5) is 4.79 Å². The van der Waals surface area contributed by atoms with E-state index in [0.29, 0.717) is 12.8 Å². The fourth-order valence-electron chi connectivity index (χ4n) is 4.30. The summed E-state index contributed by atoms with van der Waals surface area (Å²) in [6, 6.07) is 7.29. The lowest BCUT2D eigenvalue weighted by Gasteiger charge is -2.40. The van der Waals surface area contributed by atoms with Crippen LogP contribution in [0.3, 0.4) is 0 Å². The Kier molecular flexibility index (Phi) is 5.24. The highest BCUT2D eigenvalue weighted by atomic mass is 16.3. The molecule has 2 aliphatic heterocycles. The molecular weight excluding hydrogens is 368 g/mol. The van der Waals surface area contributed by atoms with Crippen LogP contribution in [0.15, 0.2) is 52.9 Å². The Morgan fingerprint density at radius 1 is 1.24 bits per heavy atom. The fourth-order valence-corrected chi connectivity index (χ4v) is 4.30. The van der Waals surface area contributed by atoms with Crippen molar-refractivity contribution in [2.24, 2.45) is 0 Å². The van der Waals surface area contributed by atoms with Crippen molar-refractivity contribution >= 4 is 18.0 Å². The molecule has 7 heteroatoms. The van der Waals surface area contributed by atoms with Gasteiger partial charge >= 0.3 is 6.03 Å². The number of hydrogen-bond acceptors (Lipinski definition) is 5. The Balaban J connectivity index is 1.41. The van der Waals surface area contributed by atoms with Gasteiger partial charge in [-0.25, -0.2) is 4.79 Å². The van der Waals surface area contributed by atoms with Gasteiger partial charge in [0, 0.05) is 39.1 Å². The van der Waals surface area contributed by atoms with Gasteiger partial charge < -0.3 is 9.32 Å². The minimum atomic E-state index is -0.728. The lowest BCUT2D eigenvalue weighted by atomic mass is 9.86. The predicted molar refractivity (Wildman–Crippen MR) is 109 cm³/mol. The van der Waals surface area contributed by atoms with Crippen molar-refractivity contribution < 1.29 is 14.0 Å². The number of hydrogen-bond donors (Lipinski definition) is 0. The second kappa shape index (κ2) is 7.83. The minimum Gasteiger partial charge on any atom is -0.465 e. The van der Waals surface area contributed by atoms with Gasteiger partial charge in [-0.3, -0.25) is 19.6 Å². The zero-order valence-electron chi connectivity index (χ0n) is 16.9. The standard InChI is InChI=1S/C22H26N4O3/c1-17(13-19-6-4-12-29-19)15-25-10-7-22(8-11-25)20(27)26(21(28)24(22)2)16-18-5-3-9-23-14-18/h3-6,9,12-14H,7-8,10-11,15-16H2,1-2H3/b17-13+. The van der Waals surface area contributed by atoms with Gasteiger partial charge in [0.2, 0.25) is 0 Å². The van der Waals surface area contributed by atoms with Crippen molar-refractivity contribution in [1.82, 2.24) is 19.7 Å². The Morgan fingerprint density at radius 2 is 2.03 bits per heavy atom. The van der Waals surface area contributed by atoms with Gasteiger partial charge in [0.1, 0.15) is 11.3 Å². The van der Waals surface area contributed by atoms with Crippen LogP contribution in [0.25, 0.3) is 6.08 Å². The van der Waals surface area contributed by atoms with Gasteiger partial charge in [0.05, 0.1) is 12.8 Å². The topological polar surface area (TPSA) is 69.9 Å². The van der Waals surface area contributed by atoms with E-state index in [1.54, 1.807) is 30.6 Å². The van der Waals surface area contributed by atoms with Gasteiger partial charge in [0.15, 0.2) is 0 Å². The van der Waals surface area contributed by atoms with Crippen molar-refractivity contribution in [3.63, 3.8) is 0 Å². The summed E-state index contributed by atoms with van der Waals surface area (Å²) in [5.41, 5.74) is 1.33. The van der Waals surface area contributed by atoms with E-state index in [-0.39, 0.29) is 18.5 Å². The monoisotopic (exact) mass is 394 g/mol. The molecule has 3 amide bonds. The van der Waals surface area contributed by atoms with E-state index >= 15 is 0 Å². The highest BCUT2D eigenvalue weighted by molar-refractivity contribution is 6.06. The molecule has 0 aliphatic carbocycles. The Bertz CT molecular complexity index is 899. The molecule has 1 spiro atoms. The molecule has 2 aromatic rings. The second-order valence-corrected chi connectivity index (χ2v) is 7.91. The Labute approximate surface area is 170 Å². The van der Waals surface area contributed by atoms with Crippen LogP contribution in [0.5, 0.6) is 0 Å². The second-order valence-electron chi connectivity index (χ2n) is 7.91. The molecule has 152 valence electrons. The molecule has 2 aromatic heterocycles. The van der Waals surface area contributed by atoms with E-state index in [2.05, 4.69) is 16.8 Å². The summed E-state index contributed by atoms with van der Waals surface area (Å²) in [6.07, 6.45) is 8.37. The number of furan rings is 1. The number of likely N-dealkylation sites (tertiary alicyclic amines) is 1. The van der Waals surface area contributed by atoms with Crippen LogP contribution in [0.1, 0.15) is 31.1 Å². The highest BCUT2D eigenvalue weighted by Crippen LogP contribution is 2.37. The number of carbonyl (C=O) groups excluding carboxylic acids is 2. The first-order valence-electron chi connectivity index (χ1n) is 9.91. The molecule has 2 saturated heterocycles. The number of pyridine rings is 1. The summed E-state index contributed by atoms with van der Waals surface area (Å²) in [7, 11) is 1.75. The molecule has 7 nitrogen and oxygen atoms in total. The summed E-state index contributed by atoms with van der Waals surface area (Å²) in [5, 5.41) is 0. The van der Waals surface area contributed by atoms with Crippen LogP contribution in [0, 0.1) is 0 Å². The van der Waals surface area contributed by atoms with Gasteiger partial charge in [-0.1, -0.05) is 11.6 Å². The maximum absolute atomic E-state index is 13.2. The highest BCUT2D eigenvalue weighted by Gasteiger charge is 2.56. The molecule has 2 aliphatic rings. The van der Waals surface area contributed by atoms with E-state index in [1.165, 1.54) is 10.5 Å². The predicted octanol–water partition coefficient (Wildman–Crippen LogP) is 3.01. The van der Waals surface area contributed by atoms with Crippen molar-refractivity contribution in [3.8, 4) is 0 Å². The number of rotatable bonds is 5. The third-order valence-corrected chi connectivity index (χ3v) is 5.95. The number of urea groups is 1. The van der Waals surface area contributed by atoms with E-state index in [9.17, 15) is 9.59 Å². The van der Waals surface area contributed by atoms with E-state index in [0.717, 1.165) is 31.0 Å². The molecule has 0 unspecified atom stereocenters. The van der Waals surface area contributed by atoms with E-state index in [4.69, 9.17) is 4.42 Å². The summed E-state index contributed by atoms with van der Waals surface area (Å²) in [5.74, 6) is 0.759. The van der Waals surface area contributed by atoms with Crippen LogP contribution < -0.4 is 0 Å². The van der Waals surface area contributed by atoms with E-state index in [1.807, 2.05) is 30.3 Å². The summed E-state index contributed by atoms with van der Waals surface area (Å²) >= 11 is 0. The lowest BCUT2D eigenvalue weighted by Crippen LogP contribution is -2.55. The molecular formula is C22H26N4O3. The summed E-state index contributed by atoms with van der Waals surface area (Å²) in [6.45, 7) is 4.72. The number of likely N-dealkylation sites (N-methyl/N-ethyl adjacent to an activating group) is 1. The Hall–Kier alpha value is -2.93. The SMILES string of the molecule is C/C(=C\c1ccco1)CN1CCC2(CC1)C(=O)N(Cc1cccnc1)C(=O)N2C. The third-order valence-electron chi connectivity index (χ3n) is 5.95. The molecule has 0 aromatic carbocycles. The van der Waals surface area contributed by atoms with Gasteiger partial charge in [-0.05, 0) is 49.6 Å². The molecule has 0 bridgehead atoms. The summed E-state index contributed by atoms with van der Waals surface area (Å²) < 4.78 is 5.38. The summed E-state index contributed by atoms with van der Waals surface area (Å²) in [4.78, 5) is 35.5. The number of aromatic nitrogens is 1. The molecule has 29 heavy (non-hydrogen) atoms. The maximum atomic E-state index is 13.2. The van der Waals surface area contributed by atoms with Crippen molar-refractivity contribution in [2.75, 3.05) is 26.7 Å². The molecule has 4 rings (SSSR count). The number of amides is 3. The van der Waals surface area contributed by atoms with Crippen LogP contribution in [-0.4, -0.2) is 63.8 Å². The maximum Gasteiger partial charge on any atom is 0.327 e. The third kappa shape index (κ3) is 3.70. The number of carbonyl (C=O) groups is 2. The Morgan fingerprint density at radius 3 is 2.69 bits per heavy atom. The molecule has 0 N–H and O–H groups in total. The first kappa shape index (κ1) is 19.4. The first-order chi connectivity index (χ1) is 14.0. The average Bonchev–Trinajstić information content (AvgIpc) is 3.29. The van der Waals surface area contributed by atoms with Gasteiger partial charge in [-0.15, -0.1) is 0 Å². The first-order valence-corrected chi connectivity index (χ1v) is 9.91. The van der Waals surface area contributed by atoms with E-state index < -0.39 is 5.54 Å². The number of imide groups is 1. The van der Waals surface area contributed by atoms with Crippen molar-refractivity contribution in [1.29, 1.82) is 0 Å². The molecule has 0 atom stereocenters. The zero-order chi connectivity index (χ0) is 20.4. The lowest BCUT2D eigenvalue weighted by molar-refractivity contribution is -0.135. The van der Waals surface area contributed by atoms with Crippen molar-refractivity contribution in [2.45, 2.75) is 31.8 Å². The number of nitrogens with zero attached hydrogens (tertiary/aromatic N) is 4. The molecule has 0 radical (unpaired) electrons. The van der Waals surface area contributed by atoms with Gasteiger partial charge in [-0.2, -0.15) is 0 Å². The van der Waals surface area contributed by atoms with Crippen LogP contribution in [-0.2, 0) is 11.3 Å². The molecule has 2 fully saturated rings. The van der Waals surface area contributed by atoms with Crippen molar-refractivity contribution in [3.05, 3.63) is 59.8 Å².